The molecule has 0 saturated heterocycles. The van der Waals surface area contributed by atoms with Gasteiger partial charge < -0.3 is 24.7 Å². The van der Waals surface area contributed by atoms with Gasteiger partial charge in [0.05, 0.1) is 19.3 Å². The minimum atomic E-state index is -0.666. The molecule has 0 spiro atoms. The quantitative estimate of drug-likeness (QED) is 0.370. The van der Waals surface area contributed by atoms with Crippen molar-refractivity contribution in [3.8, 4) is 34.1 Å². The number of hydrogen-bond acceptors (Lipinski definition) is 7. The van der Waals surface area contributed by atoms with Crippen molar-refractivity contribution >= 4 is 11.8 Å². The first-order valence-electron chi connectivity index (χ1n) is 14.5. The van der Waals surface area contributed by atoms with Crippen LogP contribution in [0.4, 0.5) is 0 Å². The zero-order valence-corrected chi connectivity index (χ0v) is 25.1. The molecule has 1 aliphatic heterocycles. The molecular weight excluding hydrogens is 546 g/mol. The summed E-state index contributed by atoms with van der Waals surface area (Å²) in [7, 11) is 3.50. The van der Waals surface area contributed by atoms with Crippen molar-refractivity contribution in [2.24, 2.45) is 13.0 Å². The fourth-order valence-electron chi connectivity index (χ4n) is 5.28. The zero-order valence-electron chi connectivity index (χ0n) is 25.1. The SMILES string of the molecule is COc1ccc2cc1OCCN(Cc1cn(C)nc1-c1ccccc1)CC(=O)N[C@H](C(C)C)C(=O)NCCn1ccnc1-2. The summed E-state index contributed by atoms with van der Waals surface area (Å²) in [6.45, 7) is 6.04. The minimum absolute atomic E-state index is 0.0789. The van der Waals surface area contributed by atoms with Crippen LogP contribution in [-0.2, 0) is 29.7 Å². The van der Waals surface area contributed by atoms with Crippen LogP contribution in [0.15, 0.2) is 67.1 Å². The third-order valence-electron chi connectivity index (χ3n) is 7.43. The Bertz CT molecular complexity index is 1550. The number of ether oxygens (including phenoxy) is 2. The molecule has 1 atom stereocenters. The summed E-state index contributed by atoms with van der Waals surface area (Å²) in [5.74, 6) is 1.40. The number of rotatable bonds is 5. The van der Waals surface area contributed by atoms with E-state index in [2.05, 4.69) is 15.6 Å². The summed E-state index contributed by atoms with van der Waals surface area (Å²) in [5, 5.41) is 10.7. The smallest absolute Gasteiger partial charge is 0.242 e. The maximum atomic E-state index is 13.4. The lowest BCUT2D eigenvalue weighted by atomic mass is 10.0. The molecule has 0 saturated carbocycles. The number of nitrogens with zero attached hydrogens (tertiary/aromatic N) is 5. The number of nitrogens with one attached hydrogen (secondary N) is 2. The molecule has 3 heterocycles. The second kappa shape index (κ2) is 13.6. The van der Waals surface area contributed by atoms with Gasteiger partial charge in [0.2, 0.25) is 11.8 Å². The summed E-state index contributed by atoms with van der Waals surface area (Å²) in [6, 6.07) is 15.0. The number of benzene rings is 2. The number of fused-ring (bicyclic) bond motifs is 4. The van der Waals surface area contributed by atoms with Crippen LogP contribution in [0.2, 0.25) is 0 Å². The molecule has 2 aromatic carbocycles. The van der Waals surface area contributed by atoms with Crippen LogP contribution in [0.3, 0.4) is 0 Å². The predicted molar refractivity (Wildman–Crippen MR) is 163 cm³/mol. The standard InChI is InChI=1S/C32H39N7O4/c1-22(2)29-32(41)34-13-15-39-14-12-33-31(39)24-10-11-26(42-4)27(18-24)43-17-16-38(21-28(40)35-29)20-25-19-37(3)36-30(25)23-8-6-5-7-9-23/h5-12,14,18-19,22,29H,13,15-17,20-21H2,1-4H3,(H,34,41)(H,35,40)/t29-/m1/s1. The molecule has 2 N–H and O–H groups in total. The number of aromatic nitrogens is 4. The molecule has 0 fully saturated rings. The topological polar surface area (TPSA) is 116 Å². The summed E-state index contributed by atoms with van der Waals surface area (Å²) in [5.41, 5.74) is 3.71. The summed E-state index contributed by atoms with van der Waals surface area (Å²) >= 11 is 0. The average Bonchev–Trinajstić information content (AvgIpc) is 3.61. The summed E-state index contributed by atoms with van der Waals surface area (Å²) in [4.78, 5) is 33.1. The molecule has 11 heteroatoms. The molecule has 1 aliphatic rings. The third kappa shape index (κ3) is 7.23. The molecule has 11 nitrogen and oxygen atoms in total. The number of carbonyl (C=O) groups is 2. The van der Waals surface area contributed by atoms with E-state index in [1.54, 1.807) is 18.0 Å². The third-order valence-corrected chi connectivity index (χ3v) is 7.43. The van der Waals surface area contributed by atoms with E-state index >= 15 is 0 Å². The van der Waals surface area contributed by atoms with Crippen molar-refractivity contribution in [2.45, 2.75) is 33.0 Å². The van der Waals surface area contributed by atoms with Gasteiger partial charge in [-0.15, -0.1) is 0 Å². The van der Waals surface area contributed by atoms with Gasteiger partial charge in [-0.3, -0.25) is 19.2 Å². The lowest BCUT2D eigenvalue weighted by Gasteiger charge is -2.25. The van der Waals surface area contributed by atoms with Gasteiger partial charge in [0.25, 0.3) is 0 Å². The zero-order chi connectivity index (χ0) is 30.3. The number of carbonyl (C=O) groups excluding carboxylic acids is 2. The van der Waals surface area contributed by atoms with Gasteiger partial charge in [0.15, 0.2) is 11.5 Å². The number of aryl methyl sites for hydroxylation is 1. The molecule has 4 aromatic rings. The molecule has 5 rings (SSSR count). The van der Waals surface area contributed by atoms with Crippen LogP contribution in [0.1, 0.15) is 19.4 Å². The fraction of sp³-hybridized carbons (Fsp3) is 0.375. The second-order valence-corrected chi connectivity index (χ2v) is 11.0. The highest BCUT2D eigenvalue weighted by molar-refractivity contribution is 5.88. The Labute approximate surface area is 251 Å². The molecule has 43 heavy (non-hydrogen) atoms. The Balaban J connectivity index is 1.45. The van der Waals surface area contributed by atoms with Crippen molar-refractivity contribution in [3.63, 3.8) is 0 Å². The van der Waals surface area contributed by atoms with Gasteiger partial charge in [-0.1, -0.05) is 44.2 Å². The van der Waals surface area contributed by atoms with Crippen LogP contribution in [0, 0.1) is 5.92 Å². The van der Waals surface area contributed by atoms with Gasteiger partial charge in [0, 0.05) is 68.5 Å². The van der Waals surface area contributed by atoms with Crippen LogP contribution in [0.5, 0.6) is 11.5 Å². The first-order chi connectivity index (χ1) is 20.8. The normalized spacial score (nSPS) is 17.0. The van der Waals surface area contributed by atoms with Gasteiger partial charge in [-0.05, 0) is 24.1 Å². The van der Waals surface area contributed by atoms with Crippen LogP contribution in [0.25, 0.3) is 22.6 Å². The Kier molecular flexibility index (Phi) is 9.41. The monoisotopic (exact) mass is 585 g/mol. The Morgan fingerprint density at radius 3 is 2.67 bits per heavy atom. The fourth-order valence-corrected chi connectivity index (χ4v) is 5.28. The number of hydrogen-bond donors (Lipinski definition) is 2. The molecule has 226 valence electrons. The predicted octanol–water partition coefficient (Wildman–Crippen LogP) is 3.11. The van der Waals surface area contributed by atoms with Crippen molar-refractivity contribution in [1.29, 1.82) is 0 Å². The van der Waals surface area contributed by atoms with E-state index in [9.17, 15) is 9.59 Å². The van der Waals surface area contributed by atoms with E-state index in [-0.39, 0.29) is 24.3 Å². The van der Waals surface area contributed by atoms with Crippen molar-refractivity contribution in [1.82, 2.24) is 34.9 Å². The number of methoxy groups -OCH3 is 1. The molecule has 2 bridgehead atoms. The van der Waals surface area contributed by atoms with Gasteiger partial charge in [-0.2, -0.15) is 5.10 Å². The maximum Gasteiger partial charge on any atom is 0.242 e. The van der Waals surface area contributed by atoms with E-state index in [4.69, 9.17) is 14.6 Å². The second-order valence-electron chi connectivity index (χ2n) is 11.0. The van der Waals surface area contributed by atoms with E-state index < -0.39 is 6.04 Å². The first-order valence-corrected chi connectivity index (χ1v) is 14.5. The molecule has 2 amide bonds. The van der Waals surface area contributed by atoms with E-state index in [1.165, 1.54) is 0 Å². The summed E-state index contributed by atoms with van der Waals surface area (Å²) in [6.07, 6.45) is 5.59. The van der Waals surface area contributed by atoms with Crippen LogP contribution >= 0.6 is 0 Å². The van der Waals surface area contributed by atoms with Crippen molar-refractivity contribution in [2.75, 3.05) is 33.4 Å². The average molecular weight is 586 g/mol. The van der Waals surface area contributed by atoms with Gasteiger partial charge >= 0.3 is 0 Å². The van der Waals surface area contributed by atoms with Crippen molar-refractivity contribution < 1.29 is 19.1 Å². The molecule has 2 aromatic heterocycles. The van der Waals surface area contributed by atoms with Crippen LogP contribution < -0.4 is 20.1 Å². The van der Waals surface area contributed by atoms with Gasteiger partial charge in [-0.25, -0.2) is 4.98 Å². The number of imidazole rings is 1. The largest absolute Gasteiger partial charge is 0.493 e. The minimum Gasteiger partial charge on any atom is -0.493 e. The van der Waals surface area contributed by atoms with Crippen LogP contribution in [-0.4, -0.2) is 75.4 Å². The number of amides is 2. The highest BCUT2D eigenvalue weighted by Gasteiger charge is 2.26. The highest BCUT2D eigenvalue weighted by atomic mass is 16.5. The Hall–Kier alpha value is -4.64. The Morgan fingerprint density at radius 1 is 1.09 bits per heavy atom. The van der Waals surface area contributed by atoms with E-state index in [0.29, 0.717) is 44.3 Å². The maximum absolute atomic E-state index is 13.4. The highest BCUT2D eigenvalue weighted by Crippen LogP contribution is 2.32. The van der Waals surface area contributed by atoms with E-state index in [1.807, 2.05) is 91.3 Å². The Morgan fingerprint density at radius 2 is 1.91 bits per heavy atom. The lowest BCUT2D eigenvalue weighted by molar-refractivity contribution is -0.130. The summed E-state index contributed by atoms with van der Waals surface area (Å²) < 4.78 is 15.6. The molecule has 0 radical (unpaired) electrons. The molecule has 0 aliphatic carbocycles. The first kappa shape index (κ1) is 29.8. The van der Waals surface area contributed by atoms with E-state index in [0.717, 1.165) is 28.2 Å². The lowest BCUT2D eigenvalue weighted by Crippen LogP contribution is -2.52. The van der Waals surface area contributed by atoms with Gasteiger partial charge in [0.1, 0.15) is 18.5 Å². The van der Waals surface area contributed by atoms with Crippen molar-refractivity contribution in [3.05, 3.63) is 72.7 Å². The molecule has 0 unspecified atom stereocenters. The molecular formula is C32H39N7O4.